The average molecular weight is 498 g/mol. The molecule has 0 heterocycles. The van der Waals surface area contributed by atoms with Gasteiger partial charge in [-0.05, 0) is 84.5 Å². The van der Waals surface area contributed by atoms with Gasteiger partial charge >= 0.3 is 5.97 Å². The zero-order valence-electron chi connectivity index (χ0n) is 20.1. The number of hydrogen-bond acceptors (Lipinski definition) is 4. The Labute approximate surface area is 214 Å². The molecule has 0 bridgehead atoms. The van der Waals surface area contributed by atoms with Gasteiger partial charge in [-0.25, -0.2) is 8.78 Å². The zero-order chi connectivity index (χ0) is 26.0. The maximum Gasteiger partial charge on any atom is 0.311 e. The highest BCUT2D eigenvalue weighted by molar-refractivity contribution is 5.73. The molecule has 0 aliphatic heterocycles. The molecule has 0 saturated heterocycles. The van der Waals surface area contributed by atoms with E-state index in [1.54, 1.807) is 12.1 Å². The predicted molar refractivity (Wildman–Crippen MR) is 138 cm³/mol. The Morgan fingerprint density at radius 1 is 0.730 bits per heavy atom. The van der Waals surface area contributed by atoms with Crippen molar-refractivity contribution in [2.45, 2.75) is 25.7 Å². The molecular weight excluding hydrogens is 472 g/mol. The van der Waals surface area contributed by atoms with E-state index in [1.165, 1.54) is 36.4 Å². The summed E-state index contributed by atoms with van der Waals surface area (Å²) in [7, 11) is 0. The van der Waals surface area contributed by atoms with Crippen molar-refractivity contribution in [2.75, 3.05) is 6.61 Å². The van der Waals surface area contributed by atoms with Gasteiger partial charge < -0.3 is 9.47 Å². The van der Waals surface area contributed by atoms with Crippen LogP contribution in [0.15, 0.2) is 91.0 Å². The lowest BCUT2D eigenvalue weighted by Crippen LogP contribution is -2.08. The summed E-state index contributed by atoms with van der Waals surface area (Å²) in [5.74, 6) is -0.452. The summed E-state index contributed by atoms with van der Waals surface area (Å²) >= 11 is 0. The maximum atomic E-state index is 14.4. The lowest BCUT2D eigenvalue weighted by Gasteiger charge is -2.09. The van der Waals surface area contributed by atoms with Crippen molar-refractivity contribution in [3.63, 3.8) is 0 Å². The monoisotopic (exact) mass is 497 g/mol. The number of esters is 1. The molecule has 0 aliphatic carbocycles. The second kappa shape index (κ2) is 12.5. The van der Waals surface area contributed by atoms with E-state index >= 15 is 0 Å². The fraction of sp³-hybridized carbons (Fsp3) is 0.161. The average Bonchev–Trinajstić information content (AvgIpc) is 2.92. The molecule has 37 heavy (non-hydrogen) atoms. The molecule has 0 N–H and O–H groups in total. The Bertz CT molecular complexity index is 1380. The Morgan fingerprint density at radius 3 is 2.00 bits per heavy atom. The number of rotatable bonds is 10. The molecule has 0 aromatic heterocycles. The molecule has 186 valence electrons. The lowest BCUT2D eigenvalue weighted by atomic mass is 10.0. The topological polar surface area (TPSA) is 59.3 Å². The molecule has 4 aromatic rings. The minimum absolute atomic E-state index is 0.140. The third-order valence-corrected chi connectivity index (χ3v) is 5.82. The summed E-state index contributed by atoms with van der Waals surface area (Å²) in [5, 5.41) is 8.91. The molecule has 0 saturated carbocycles. The van der Waals surface area contributed by atoms with Crippen LogP contribution < -0.4 is 9.47 Å². The van der Waals surface area contributed by atoms with Gasteiger partial charge in [0, 0.05) is 18.1 Å². The summed E-state index contributed by atoms with van der Waals surface area (Å²) < 4.78 is 38.6. The highest BCUT2D eigenvalue weighted by atomic mass is 19.1. The van der Waals surface area contributed by atoms with Gasteiger partial charge in [-0.1, -0.05) is 36.4 Å². The van der Waals surface area contributed by atoms with Crippen molar-refractivity contribution < 1.29 is 23.0 Å². The Hall–Kier alpha value is -4.50. The van der Waals surface area contributed by atoms with Crippen molar-refractivity contribution in [1.82, 2.24) is 0 Å². The number of benzene rings is 4. The van der Waals surface area contributed by atoms with Crippen LogP contribution >= 0.6 is 0 Å². The summed E-state index contributed by atoms with van der Waals surface area (Å²) in [6, 6.07) is 27.0. The molecule has 4 nitrogen and oxygen atoms in total. The van der Waals surface area contributed by atoms with Crippen LogP contribution in [0.1, 0.15) is 31.2 Å². The first kappa shape index (κ1) is 25.6. The van der Waals surface area contributed by atoms with Crippen molar-refractivity contribution in [1.29, 1.82) is 5.26 Å². The first-order valence-corrected chi connectivity index (χ1v) is 12.0. The predicted octanol–water partition coefficient (Wildman–Crippen LogP) is 7.72. The van der Waals surface area contributed by atoms with Crippen LogP contribution in [0.5, 0.6) is 11.5 Å². The summed E-state index contributed by atoms with van der Waals surface area (Å²) in [6.07, 6.45) is 2.43. The van der Waals surface area contributed by atoms with Crippen LogP contribution in [0, 0.1) is 23.0 Å². The second-order valence-corrected chi connectivity index (χ2v) is 8.50. The first-order valence-electron chi connectivity index (χ1n) is 12.0. The third kappa shape index (κ3) is 7.25. The maximum absolute atomic E-state index is 14.4. The number of carbonyl (C=O) groups is 1. The van der Waals surface area contributed by atoms with E-state index in [1.807, 2.05) is 36.4 Å². The van der Waals surface area contributed by atoms with Crippen molar-refractivity contribution >= 4 is 5.97 Å². The normalized spacial score (nSPS) is 10.5. The lowest BCUT2D eigenvalue weighted by molar-refractivity contribution is -0.134. The molecule has 0 fully saturated rings. The number of halogens is 2. The van der Waals surface area contributed by atoms with Gasteiger partial charge in [-0.15, -0.1) is 0 Å². The van der Waals surface area contributed by atoms with Gasteiger partial charge in [0.25, 0.3) is 0 Å². The van der Waals surface area contributed by atoms with E-state index in [-0.39, 0.29) is 12.2 Å². The van der Waals surface area contributed by atoms with E-state index in [0.29, 0.717) is 29.7 Å². The van der Waals surface area contributed by atoms with Gasteiger partial charge in [0.05, 0.1) is 18.2 Å². The van der Waals surface area contributed by atoms with Crippen LogP contribution in [-0.4, -0.2) is 12.6 Å². The SMILES string of the molecule is N#Cc1ccc(-c2ccc(OCCCCCC(=O)Oc3ccc(-c4ccc(F)cc4)c(F)c3)cc2)cc1. The molecule has 0 spiro atoms. The van der Waals surface area contributed by atoms with E-state index in [9.17, 15) is 13.6 Å². The molecule has 0 aliphatic rings. The number of nitrogens with zero attached hydrogens (tertiary/aromatic N) is 1. The van der Waals surface area contributed by atoms with E-state index in [4.69, 9.17) is 14.7 Å². The van der Waals surface area contributed by atoms with Crippen molar-refractivity contribution in [2.24, 2.45) is 0 Å². The third-order valence-electron chi connectivity index (χ3n) is 5.82. The summed E-state index contributed by atoms with van der Waals surface area (Å²) in [6.45, 7) is 0.529. The minimum Gasteiger partial charge on any atom is -0.494 e. The van der Waals surface area contributed by atoms with Gasteiger partial charge in [0.1, 0.15) is 23.1 Å². The molecule has 0 unspecified atom stereocenters. The molecule has 0 atom stereocenters. The fourth-order valence-electron chi connectivity index (χ4n) is 3.82. The number of unbranched alkanes of at least 4 members (excludes halogenated alkanes) is 2. The highest BCUT2D eigenvalue weighted by Crippen LogP contribution is 2.27. The van der Waals surface area contributed by atoms with Gasteiger partial charge in [0.15, 0.2) is 0 Å². The van der Waals surface area contributed by atoms with Crippen LogP contribution in [0.3, 0.4) is 0 Å². The number of hydrogen-bond donors (Lipinski definition) is 0. The van der Waals surface area contributed by atoms with Crippen LogP contribution in [0.25, 0.3) is 22.3 Å². The molecule has 0 radical (unpaired) electrons. The standard InChI is InChI=1S/C31H25F2NO3/c32-26-13-9-25(10-14-26)29-18-17-28(20-30(29)33)37-31(35)4-2-1-3-19-36-27-15-11-24(12-16-27)23-7-5-22(21-34)6-8-23/h5-18,20H,1-4,19H2. The second-order valence-electron chi connectivity index (χ2n) is 8.50. The largest absolute Gasteiger partial charge is 0.494 e. The van der Waals surface area contributed by atoms with Crippen molar-refractivity contribution in [3.8, 4) is 39.8 Å². The number of nitriles is 1. The minimum atomic E-state index is -0.543. The summed E-state index contributed by atoms with van der Waals surface area (Å²) in [4.78, 5) is 12.1. The zero-order valence-corrected chi connectivity index (χ0v) is 20.1. The van der Waals surface area contributed by atoms with Crippen LogP contribution in [0.4, 0.5) is 8.78 Å². The van der Waals surface area contributed by atoms with Gasteiger partial charge in [-0.2, -0.15) is 5.26 Å². The first-order chi connectivity index (χ1) is 18.0. The van der Waals surface area contributed by atoms with E-state index < -0.39 is 17.6 Å². The summed E-state index contributed by atoms with van der Waals surface area (Å²) in [5.41, 5.74) is 3.55. The quantitative estimate of drug-likeness (QED) is 0.128. The molecule has 4 aromatic carbocycles. The van der Waals surface area contributed by atoms with Crippen LogP contribution in [-0.2, 0) is 4.79 Å². The Balaban J connectivity index is 1.15. The van der Waals surface area contributed by atoms with Crippen molar-refractivity contribution in [3.05, 3.63) is 108 Å². The number of carbonyl (C=O) groups excluding carboxylic acids is 1. The van der Waals surface area contributed by atoms with E-state index in [2.05, 4.69) is 6.07 Å². The van der Waals surface area contributed by atoms with E-state index in [0.717, 1.165) is 35.8 Å². The number of ether oxygens (including phenoxy) is 2. The fourth-order valence-corrected chi connectivity index (χ4v) is 3.82. The Kier molecular flexibility index (Phi) is 8.62. The smallest absolute Gasteiger partial charge is 0.311 e. The Morgan fingerprint density at radius 2 is 1.35 bits per heavy atom. The van der Waals surface area contributed by atoms with Crippen LogP contribution in [0.2, 0.25) is 0 Å². The molecule has 6 heteroatoms. The molecule has 0 amide bonds. The highest BCUT2D eigenvalue weighted by Gasteiger charge is 2.10. The molecule has 4 rings (SSSR count). The molecular formula is C31H25F2NO3. The van der Waals surface area contributed by atoms with Gasteiger partial charge in [0.2, 0.25) is 0 Å². The van der Waals surface area contributed by atoms with Gasteiger partial charge in [-0.3, -0.25) is 4.79 Å².